The molecule has 1 atom stereocenters. The van der Waals surface area contributed by atoms with Crippen LogP contribution in [0.2, 0.25) is 5.02 Å². The van der Waals surface area contributed by atoms with Gasteiger partial charge in [-0.1, -0.05) is 17.7 Å². The maximum Gasteiger partial charge on any atom is 0.124 e. The van der Waals surface area contributed by atoms with Crippen molar-refractivity contribution in [3.8, 4) is 0 Å². The molecule has 6 heteroatoms. The second-order valence-electron chi connectivity index (χ2n) is 4.19. The lowest BCUT2D eigenvalue weighted by Gasteiger charge is -2.17. The molecule has 2 rings (SSSR count). The van der Waals surface area contributed by atoms with Crippen molar-refractivity contribution in [2.45, 2.75) is 18.5 Å². The summed E-state index contributed by atoms with van der Waals surface area (Å²) in [6.07, 6.45) is -0.0689. The monoisotopic (exact) mass is 302 g/mol. The lowest BCUT2D eigenvalue weighted by atomic mass is 10.3. The molecule has 0 amide bonds. The van der Waals surface area contributed by atoms with E-state index in [0.29, 0.717) is 24.1 Å². The average molecular weight is 303 g/mol. The first kappa shape index (κ1) is 14.6. The van der Waals surface area contributed by atoms with Gasteiger partial charge in [0.1, 0.15) is 5.82 Å². The van der Waals surface area contributed by atoms with Crippen molar-refractivity contribution in [2.75, 3.05) is 20.8 Å². The third-order valence-electron chi connectivity index (χ3n) is 2.99. The molecule has 1 aromatic carbocycles. The molecule has 4 nitrogen and oxygen atoms in total. The molecule has 19 heavy (non-hydrogen) atoms. The van der Waals surface area contributed by atoms with Gasteiger partial charge in [-0.25, -0.2) is 4.98 Å². The number of methoxy groups -OCH3 is 2. The van der Waals surface area contributed by atoms with E-state index in [1.54, 1.807) is 14.2 Å². The van der Waals surface area contributed by atoms with Crippen LogP contribution in [0.3, 0.4) is 0 Å². The van der Waals surface area contributed by atoms with Gasteiger partial charge >= 0.3 is 0 Å². The quantitative estimate of drug-likeness (QED) is 0.769. The average Bonchev–Trinajstić information content (AvgIpc) is 2.77. The van der Waals surface area contributed by atoms with E-state index in [1.807, 2.05) is 22.8 Å². The third-order valence-corrected chi connectivity index (χ3v) is 3.53. The smallest absolute Gasteiger partial charge is 0.124 e. The predicted octanol–water partition coefficient (Wildman–Crippen LogP) is 3.09. The van der Waals surface area contributed by atoms with Crippen LogP contribution >= 0.6 is 23.2 Å². The van der Waals surface area contributed by atoms with Crippen molar-refractivity contribution < 1.29 is 9.47 Å². The van der Waals surface area contributed by atoms with Gasteiger partial charge in [-0.3, -0.25) is 0 Å². The lowest BCUT2D eigenvalue weighted by molar-refractivity contribution is 0.0186. The van der Waals surface area contributed by atoms with Gasteiger partial charge in [0, 0.05) is 14.2 Å². The number of imidazole rings is 1. The van der Waals surface area contributed by atoms with Gasteiger partial charge in [0.2, 0.25) is 0 Å². The van der Waals surface area contributed by atoms with Crippen molar-refractivity contribution in [1.29, 1.82) is 0 Å². The van der Waals surface area contributed by atoms with Crippen LogP contribution in [0.5, 0.6) is 0 Å². The Labute approximate surface area is 122 Å². The number of hydrogen-bond donors (Lipinski definition) is 0. The molecular formula is C13H16Cl2N2O2. The third kappa shape index (κ3) is 3.03. The summed E-state index contributed by atoms with van der Waals surface area (Å²) in [5.74, 6) is 1.11. The molecule has 0 N–H and O–H groups in total. The van der Waals surface area contributed by atoms with Gasteiger partial charge in [0.05, 0.1) is 41.2 Å². The van der Waals surface area contributed by atoms with Gasteiger partial charge in [0.15, 0.2) is 0 Å². The minimum absolute atomic E-state index is 0.0689. The zero-order chi connectivity index (χ0) is 13.8. The van der Waals surface area contributed by atoms with Crippen LogP contribution in [0, 0.1) is 0 Å². The van der Waals surface area contributed by atoms with E-state index in [1.165, 1.54) is 0 Å². The summed E-state index contributed by atoms with van der Waals surface area (Å²) >= 11 is 12.2. The van der Waals surface area contributed by atoms with Gasteiger partial charge in [-0.2, -0.15) is 0 Å². The van der Waals surface area contributed by atoms with Crippen LogP contribution in [-0.2, 0) is 21.9 Å². The molecule has 0 spiro atoms. The van der Waals surface area contributed by atoms with E-state index in [4.69, 9.17) is 32.7 Å². The maximum atomic E-state index is 6.26. The number of rotatable bonds is 6. The molecule has 0 aliphatic carbocycles. The molecule has 1 unspecified atom stereocenters. The molecule has 0 saturated carbocycles. The van der Waals surface area contributed by atoms with Crippen molar-refractivity contribution in [3.63, 3.8) is 0 Å². The largest absolute Gasteiger partial charge is 0.382 e. The molecule has 1 aromatic heterocycles. The van der Waals surface area contributed by atoms with Gasteiger partial charge in [-0.05, 0) is 12.1 Å². The molecule has 0 aliphatic heterocycles. The summed E-state index contributed by atoms with van der Waals surface area (Å²) in [5, 5.41) is 0.661. The van der Waals surface area contributed by atoms with Crippen LogP contribution < -0.4 is 0 Å². The second kappa shape index (κ2) is 6.57. The molecule has 0 radical (unpaired) electrons. The number of aromatic nitrogens is 2. The summed E-state index contributed by atoms with van der Waals surface area (Å²) in [5.41, 5.74) is 1.73. The number of benzene rings is 1. The first-order valence-corrected chi connectivity index (χ1v) is 6.83. The van der Waals surface area contributed by atoms with Crippen molar-refractivity contribution in [2.24, 2.45) is 0 Å². The number of nitrogens with zero attached hydrogens (tertiary/aromatic N) is 2. The normalized spacial score (nSPS) is 13.1. The van der Waals surface area contributed by atoms with Crippen LogP contribution in [0.15, 0.2) is 18.2 Å². The highest BCUT2D eigenvalue weighted by Gasteiger charge is 2.16. The van der Waals surface area contributed by atoms with Gasteiger partial charge in [0.25, 0.3) is 0 Å². The Morgan fingerprint density at radius 2 is 2.16 bits per heavy atom. The molecular weight excluding hydrogens is 287 g/mol. The Balaban J connectivity index is 2.44. The zero-order valence-corrected chi connectivity index (χ0v) is 12.4. The van der Waals surface area contributed by atoms with E-state index in [2.05, 4.69) is 4.98 Å². The number of para-hydroxylation sites is 1. The number of halogens is 2. The highest BCUT2D eigenvalue weighted by molar-refractivity contribution is 6.35. The molecule has 0 aliphatic rings. The minimum atomic E-state index is -0.0689. The number of fused-ring (bicyclic) bond motifs is 1. The standard InChI is InChI=1S/C13H16Cl2N2O2/c1-18-8-9(19-2)7-17-12(6-14)16-11-5-3-4-10(15)13(11)17/h3-5,9H,6-8H2,1-2H3. The first-order valence-electron chi connectivity index (χ1n) is 5.92. The van der Waals surface area contributed by atoms with Crippen molar-refractivity contribution >= 4 is 34.2 Å². The number of ether oxygens (including phenoxy) is 2. The Morgan fingerprint density at radius 3 is 2.79 bits per heavy atom. The van der Waals surface area contributed by atoms with E-state index in [9.17, 15) is 0 Å². The molecule has 0 fully saturated rings. The SMILES string of the molecule is COCC(Cn1c(CCl)nc2cccc(Cl)c21)OC. The maximum absolute atomic E-state index is 6.26. The minimum Gasteiger partial charge on any atom is -0.382 e. The van der Waals surface area contributed by atoms with E-state index in [-0.39, 0.29) is 6.10 Å². The van der Waals surface area contributed by atoms with E-state index >= 15 is 0 Å². The zero-order valence-electron chi connectivity index (χ0n) is 10.9. The summed E-state index contributed by atoms with van der Waals surface area (Å²) < 4.78 is 12.5. The Hall–Kier alpha value is -0.810. The summed E-state index contributed by atoms with van der Waals surface area (Å²) in [6.45, 7) is 1.11. The summed E-state index contributed by atoms with van der Waals surface area (Å²) in [4.78, 5) is 4.49. The topological polar surface area (TPSA) is 36.3 Å². The Kier molecular flexibility index (Phi) is 5.05. The van der Waals surface area contributed by atoms with Crippen LogP contribution in [-0.4, -0.2) is 36.5 Å². The first-order chi connectivity index (χ1) is 9.21. The fourth-order valence-corrected chi connectivity index (χ4v) is 2.55. The lowest BCUT2D eigenvalue weighted by Crippen LogP contribution is -2.24. The van der Waals surface area contributed by atoms with Crippen LogP contribution in [0.25, 0.3) is 11.0 Å². The Bertz CT molecular complexity index is 557. The van der Waals surface area contributed by atoms with Gasteiger partial charge in [-0.15, -0.1) is 11.6 Å². The number of alkyl halides is 1. The van der Waals surface area contributed by atoms with E-state index < -0.39 is 0 Å². The van der Waals surface area contributed by atoms with E-state index in [0.717, 1.165) is 16.9 Å². The Morgan fingerprint density at radius 1 is 1.37 bits per heavy atom. The summed E-state index contributed by atoms with van der Waals surface area (Å²) in [6, 6.07) is 5.65. The predicted molar refractivity (Wildman–Crippen MR) is 77.0 cm³/mol. The van der Waals surface area contributed by atoms with Crippen LogP contribution in [0.1, 0.15) is 5.82 Å². The fourth-order valence-electron chi connectivity index (χ4n) is 2.07. The molecule has 104 valence electrons. The summed E-state index contributed by atoms with van der Waals surface area (Å²) in [7, 11) is 3.30. The van der Waals surface area contributed by atoms with Crippen molar-refractivity contribution in [1.82, 2.24) is 9.55 Å². The van der Waals surface area contributed by atoms with Gasteiger partial charge < -0.3 is 14.0 Å². The molecule has 1 heterocycles. The second-order valence-corrected chi connectivity index (χ2v) is 4.87. The van der Waals surface area contributed by atoms with Crippen molar-refractivity contribution in [3.05, 3.63) is 29.0 Å². The number of hydrogen-bond acceptors (Lipinski definition) is 3. The highest BCUT2D eigenvalue weighted by atomic mass is 35.5. The molecule has 0 saturated heterocycles. The van der Waals surface area contributed by atoms with Crippen LogP contribution in [0.4, 0.5) is 0 Å². The molecule has 2 aromatic rings. The fraction of sp³-hybridized carbons (Fsp3) is 0.462. The highest BCUT2D eigenvalue weighted by Crippen LogP contribution is 2.25. The molecule has 0 bridgehead atoms.